The number of rotatable bonds is 4. The fourth-order valence-electron chi connectivity index (χ4n) is 3.18. The predicted octanol–water partition coefficient (Wildman–Crippen LogP) is 1.68. The number of hydrogen-bond donors (Lipinski definition) is 1. The molecule has 0 aromatic rings. The van der Waals surface area contributed by atoms with E-state index in [0.717, 1.165) is 39.0 Å². The topological polar surface area (TPSA) is 44.8 Å². The second-order valence-electron chi connectivity index (χ2n) is 6.52. The molecule has 0 aromatic carbocycles. The van der Waals surface area contributed by atoms with E-state index in [1.165, 1.54) is 19.3 Å². The summed E-state index contributed by atoms with van der Waals surface area (Å²) >= 11 is 0. The third-order valence-corrected chi connectivity index (χ3v) is 4.89. The molecule has 5 heteroatoms. The minimum Gasteiger partial charge on any atom is -0.381 e. The first kappa shape index (κ1) is 15.6. The zero-order valence-electron chi connectivity index (χ0n) is 13.2. The lowest BCUT2D eigenvalue weighted by atomic mass is 9.75. The lowest BCUT2D eigenvalue weighted by Gasteiger charge is -2.49. The van der Waals surface area contributed by atoms with E-state index in [0.29, 0.717) is 0 Å². The number of nitrogens with one attached hydrogen (secondary N) is 1. The van der Waals surface area contributed by atoms with Crippen molar-refractivity contribution in [2.24, 2.45) is 0 Å². The molecule has 2 amide bonds. The quantitative estimate of drug-likeness (QED) is 0.854. The Morgan fingerprint density at radius 1 is 1.20 bits per heavy atom. The van der Waals surface area contributed by atoms with Crippen molar-refractivity contribution in [1.29, 1.82) is 0 Å². The van der Waals surface area contributed by atoms with Crippen LogP contribution in [0.3, 0.4) is 0 Å². The standard InChI is InChI=1S/C15H29N3O2/c1-17(2)15(8-5-9-15)12-18(3)14(19)16-13-6-4-10-20-11-7-13/h13H,4-12H2,1-3H3,(H,16,19). The molecule has 1 aliphatic heterocycles. The summed E-state index contributed by atoms with van der Waals surface area (Å²) in [4.78, 5) is 16.4. The summed E-state index contributed by atoms with van der Waals surface area (Å²) < 4.78 is 5.43. The van der Waals surface area contributed by atoms with Crippen molar-refractivity contribution in [3.63, 3.8) is 0 Å². The second kappa shape index (κ2) is 6.76. The first-order chi connectivity index (χ1) is 9.53. The summed E-state index contributed by atoms with van der Waals surface area (Å²) in [7, 11) is 6.15. The van der Waals surface area contributed by atoms with Gasteiger partial charge in [0, 0.05) is 38.4 Å². The number of nitrogens with zero attached hydrogens (tertiary/aromatic N) is 2. The Bertz CT molecular complexity index is 321. The Morgan fingerprint density at radius 3 is 2.55 bits per heavy atom. The van der Waals surface area contributed by atoms with Gasteiger partial charge < -0.3 is 19.9 Å². The van der Waals surface area contributed by atoms with E-state index in [1.807, 2.05) is 11.9 Å². The van der Waals surface area contributed by atoms with Crippen molar-refractivity contribution in [3.8, 4) is 0 Å². The fourth-order valence-corrected chi connectivity index (χ4v) is 3.18. The lowest BCUT2D eigenvalue weighted by molar-refractivity contribution is 0.0360. The second-order valence-corrected chi connectivity index (χ2v) is 6.52. The lowest BCUT2D eigenvalue weighted by Crippen LogP contribution is -2.59. The van der Waals surface area contributed by atoms with Gasteiger partial charge in [-0.25, -0.2) is 4.79 Å². The Labute approximate surface area is 122 Å². The molecule has 1 aliphatic carbocycles. The Kier molecular flexibility index (Phi) is 5.27. The molecule has 2 rings (SSSR count). The molecule has 2 fully saturated rings. The Balaban J connectivity index is 1.82. The maximum absolute atomic E-state index is 12.3. The Hall–Kier alpha value is -0.810. The number of amides is 2. The van der Waals surface area contributed by atoms with Gasteiger partial charge in [0.1, 0.15) is 0 Å². The van der Waals surface area contributed by atoms with Crippen LogP contribution in [0.25, 0.3) is 0 Å². The third kappa shape index (κ3) is 3.64. The number of likely N-dealkylation sites (N-methyl/N-ethyl adjacent to an activating group) is 2. The van der Waals surface area contributed by atoms with Gasteiger partial charge in [0.2, 0.25) is 0 Å². The van der Waals surface area contributed by atoms with Crippen molar-refractivity contribution < 1.29 is 9.53 Å². The van der Waals surface area contributed by atoms with Gasteiger partial charge in [-0.3, -0.25) is 0 Å². The summed E-state index contributed by atoms with van der Waals surface area (Å²) in [5.41, 5.74) is 0.193. The van der Waals surface area contributed by atoms with E-state index in [9.17, 15) is 4.79 Å². The first-order valence-electron chi connectivity index (χ1n) is 7.80. The molecule has 2 aliphatic rings. The van der Waals surface area contributed by atoms with Crippen LogP contribution in [-0.2, 0) is 4.74 Å². The van der Waals surface area contributed by atoms with Crippen molar-refractivity contribution in [1.82, 2.24) is 15.1 Å². The van der Waals surface area contributed by atoms with Crippen molar-refractivity contribution in [3.05, 3.63) is 0 Å². The number of ether oxygens (including phenoxy) is 1. The summed E-state index contributed by atoms with van der Waals surface area (Å²) in [6.45, 7) is 2.40. The maximum Gasteiger partial charge on any atom is 0.317 e. The van der Waals surface area contributed by atoms with Gasteiger partial charge in [0.05, 0.1) is 0 Å². The van der Waals surface area contributed by atoms with Gasteiger partial charge in [-0.1, -0.05) is 0 Å². The maximum atomic E-state index is 12.3. The van der Waals surface area contributed by atoms with Crippen molar-refractivity contribution in [2.75, 3.05) is 40.9 Å². The van der Waals surface area contributed by atoms with Crippen LogP contribution in [0.2, 0.25) is 0 Å². The normalized spacial score (nSPS) is 25.7. The van der Waals surface area contributed by atoms with Gasteiger partial charge in [0.15, 0.2) is 0 Å². The van der Waals surface area contributed by atoms with Crippen LogP contribution in [0.4, 0.5) is 4.79 Å². The largest absolute Gasteiger partial charge is 0.381 e. The Morgan fingerprint density at radius 2 is 1.95 bits per heavy atom. The van der Waals surface area contributed by atoms with E-state index in [1.54, 1.807) is 0 Å². The van der Waals surface area contributed by atoms with Gasteiger partial charge in [-0.15, -0.1) is 0 Å². The van der Waals surface area contributed by atoms with Crippen molar-refractivity contribution in [2.45, 2.75) is 50.1 Å². The van der Waals surface area contributed by atoms with Crippen LogP contribution in [-0.4, -0.2) is 68.3 Å². The summed E-state index contributed by atoms with van der Waals surface area (Å²) in [6, 6.07) is 0.328. The molecule has 0 aromatic heterocycles. The molecule has 5 nitrogen and oxygen atoms in total. The molecular weight excluding hydrogens is 254 g/mol. The fraction of sp³-hybridized carbons (Fsp3) is 0.933. The van der Waals surface area contributed by atoms with Crippen LogP contribution in [0.5, 0.6) is 0 Å². The number of hydrogen-bond acceptors (Lipinski definition) is 3. The van der Waals surface area contributed by atoms with Crippen LogP contribution in [0.15, 0.2) is 0 Å². The molecule has 0 radical (unpaired) electrons. The van der Waals surface area contributed by atoms with Crippen molar-refractivity contribution >= 4 is 6.03 Å². The predicted molar refractivity (Wildman–Crippen MR) is 79.9 cm³/mol. The first-order valence-corrected chi connectivity index (χ1v) is 7.80. The van der Waals surface area contributed by atoms with Crippen LogP contribution in [0.1, 0.15) is 38.5 Å². The van der Waals surface area contributed by atoms with E-state index in [2.05, 4.69) is 24.3 Å². The van der Waals surface area contributed by atoms with Gasteiger partial charge in [-0.2, -0.15) is 0 Å². The average Bonchev–Trinajstić information content (AvgIpc) is 2.61. The monoisotopic (exact) mass is 283 g/mol. The highest BCUT2D eigenvalue weighted by Crippen LogP contribution is 2.36. The van der Waals surface area contributed by atoms with Crippen LogP contribution < -0.4 is 5.32 Å². The molecule has 20 heavy (non-hydrogen) atoms. The molecule has 1 atom stereocenters. The molecule has 1 heterocycles. The van der Waals surface area contributed by atoms with Crippen LogP contribution in [0, 0.1) is 0 Å². The molecule has 1 saturated carbocycles. The highest BCUT2D eigenvalue weighted by atomic mass is 16.5. The van der Waals surface area contributed by atoms with Gasteiger partial charge in [-0.05, 0) is 52.6 Å². The smallest absolute Gasteiger partial charge is 0.317 e. The molecule has 116 valence electrons. The van der Waals surface area contributed by atoms with E-state index in [4.69, 9.17) is 4.74 Å². The zero-order chi connectivity index (χ0) is 14.6. The highest BCUT2D eigenvalue weighted by Gasteiger charge is 2.40. The zero-order valence-corrected chi connectivity index (χ0v) is 13.2. The molecule has 0 spiro atoms. The molecule has 0 bridgehead atoms. The summed E-state index contributed by atoms with van der Waals surface area (Å²) in [6.07, 6.45) is 6.64. The molecule has 1 unspecified atom stereocenters. The molecular formula is C15H29N3O2. The summed E-state index contributed by atoms with van der Waals surface area (Å²) in [5.74, 6) is 0. The van der Waals surface area contributed by atoms with E-state index < -0.39 is 0 Å². The summed E-state index contributed by atoms with van der Waals surface area (Å²) in [5, 5.41) is 3.16. The number of carbonyl (C=O) groups excluding carboxylic acids is 1. The number of carbonyl (C=O) groups is 1. The minimum atomic E-state index is 0.0602. The van der Waals surface area contributed by atoms with Gasteiger partial charge in [0.25, 0.3) is 0 Å². The molecule has 1 saturated heterocycles. The van der Waals surface area contributed by atoms with E-state index >= 15 is 0 Å². The SMILES string of the molecule is CN(CC1(N(C)C)CCC1)C(=O)NC1CCCOCC1. The van der Waals surface area contributed by atoms with Gasteiger partial charge >= 0.3 is 6.03 Å². The highest BCUT2D eigenvalue weighted by molar-refractivity contribution is 5.74. The van der Waals surface area contributed by atoms with Crippen LogP contribution >= 0.6 is 0 Å². The third-order valence-electron chi connectivity index (χ3n) is 4.89. The molecule has 1 N–H and O–H groups in total. The average molecular weight is 283 g/mol. The number of urea groups is 1. The van der Waals surface area contributed by atoms with E-state index in [-0.39, 0.29) is 17.6 Å². The minimum absolute atomic E-state index is 0.0602.